The molecule has 0 aliphatic heterocycles. The first-order valence-corrected chi connectivity index (χ1v) is 6.69. The molecule has 0 radical (unpaired) electrons. The van der Waals surface area contributed by atoms with Crippen molar-refractivity contribution in [1.82, 2.24) is 0 Å². The molecule has 0 saturated carbocycles. The average Bonchev–Trinajstić information content (AvgIpc) is 2.97. The summed E-state index contributed by atoms with van der Waals surface area (Å²) in [6, 6.07) is 15.0. The number of ether oxygens (including phenoxy) is 2. The summed E-state index contributed by atoms with van der Waals surface area (Å²) in [7, 11) is 3.21. The van der Waals surface area contributed by atoms with Gasteiger partial charge in [0.15, 0.2) is 11.5 Å². The van der Waals surface area contributed by atoms with Crippen LogP contribution in [-0.2, 0) is 0 Å². The van der Waals surface area contributed by atoms with Gasteiger partial charge in [-0.05, 0) is 18.2 Å². The molecule has 1 unspecified atom stereocenters. The lowest BCUT2D eigenvalue weighted by atomic mass is 10.0. The molecule has 0 spiro atoms. The van der Waals surface area contributed by atoms with E-state index in [1.807, 2.05) is 48.5 Å². The summed E-state index contributed by atoms with van der Waals surface area (Å²) in [6.07, 6.45) is 0. The van der Waals surface area contributed by atoms with Crippen LogP contribution in [0.1, 0.15) is 17.4 Å². The highest BCUT2D eigenvalue weighted by Crippen LogP contribution is 2.37. The number of para-hydroxylation sites is 2. The molecule has 1 atom stereocenters. The van der Waals surface area contributed by atoms with Gasteiger partial charge in [-0.3, -0.25) is 0 Å². The van der Waals surface area contributed by atoms with Crippen LogP contribution in [0.2, 0.25) is 0 Å². The van der Waals surface area contributed by atoms with Crippen LogP contribution in [0.5, 0.6) is 11.5 Å². The summed E-state index contributed by atoms with van der Waals surface area (Å²) in [5.74, 6) is 1.98. The van der Waals surface area contributed by atoms with Gasteiger partial charge in [0.05, 0.1) is 20.3 Å². The van der Waals surface area contributed by atoms with Gasteiger partial charge < -0.3 is 19.6 Å². The zero-order valence-electron chi connectivity index (χ0n) is 12.0. The smallest absolute Gasteiger partial charge is 0.165 e. The predicted octanol–water partition coefficient (Wildman–Crippen LogP) is 3.50. The second kappa shape index (κ2) is 5.50. The Labute approximate surface area is 123 Å². The molecular weight excluding hydrogens is 266 g/mol. The molecule has 1 heterocycles. The third-order valence-corrected chi connectivity index (χ3v) is 3.52. The molecule has 2 N–H and O–H groups in total. The normalized spacial score (nSPS) is 12.3. The van der Waals surface area contributed by atoms with Crippen molar-refractivity contribution >= 4 is 11.0 Å². The minimum atomic E-state index is -0.414. The fourth-order valence-corrected chi connectivity index (χ4v) is 2.47. The van der Waals surface area contributed by atoms with Gasteiger partial charge in [0, 0.05) is 10.9 Å². The van der Waals surface area contributed by atoms with Gasteiger partial charge in [0.25, 0.3) is 0 Å². The van der Waals surface area contributed by atoms with Crippen LogP contribution in [0.3, 0.4) is 0 Å². The second-order valence-electron chi connectivity index (χ2n) is 4.75. The minimum absolute atomic E-state index is 0.414. The fraction of sp³-hybridized carbons (Fsp3) is 0.176. The molecular formula is C17H17NO3. The SMILES string of the molecule is COc1cccc(C(N)c2cc3ccccc3o2)c1OC. The number of benzene rings is 2. The third kappa shape index (κ3) is 2.34. The molecule has 4 heteroatoms. The van der Waals surface area contributed by atoms with Crippen molar-refractivity contribution in [3.8, 4) is 11.5 Å². The first-order valence-electron chi connectivity index (χ1n) is 6.69. The maximum Gasteiger partial charge on any atom is 0.165 e. The van der Waals surface area contributed by atoms with Crippen molar-refractivity contribution in [3.63, 3.8) is 0 Å². The maximum absolute atomic E-state index is 6.35. The Balaban J connectivity index is 2.07. The molecule has 0 saturated heterocycles. The minimum Gasteiger partial charge on any atom is -0.493 e. The molecule has 0 amide bonds. The fourth-order valence-electron chi connectivity index (χ4n) is 2.47. The molecule has 2 aromatic carbocycles. The highest BCUT2D eigenvalue weighted by atomic mass is 16.5. The lowest BCUT2D eigenvalue weighted by molar-refractivity contribution is 0.349. The van der Waals surface area contributed by atoms with E-state index in [0.717, 1.165) is 16.5 Å². The summed E-state index contributed by atoms with van der Waals surface area (Å²) in [4.78, 5) is 0. The van der Waals surface area contributed by atoms with E-state index in [2.05, 4.69) is 0 Å². The van der Waals surface area contributed by atoms with Gasteiger partial charge in [-0.1, -0.05) is 30.3 Å². The number of hydrogen-bond donors (Lipinski definition) is 1. The third-order valence-electron chi connectivity index (χ3n) is 3.52. The van der Waals surface area contributed by atoms with Crippen LogP contribution < -0.4 is 15.2 Å². The van der Waals surface area contributed by atoms with Crippen molar-refractivity contribution in [3.05, 3.63) is 59.9 Å². The molecule has 3 rings (SSSR count). The summed E-state index contributed by atoms with van der Waals surface area (Å²) < 4.78 is 16.6. The maximum atomic E-state index is 6.35. The van der Waals surface area contributed by atoms with Crippen molar-refractivity contribution in [2.24, 2.45) is 5.73 Å². The monoisotopic (exact) mass is 283 g/mol. The lowest BCUT2D eigenvalue weighted by Gasteiger charge is -2.16. The first kappa shape index (κ1) is 13.5. The number of hydrogen-bond acceptors (Lipinski definition) is 4. The topological polar surface area (TPSA) is 57.6 Å². The highest BCUT2D eigenvalue weighted by Gasteiger charge is 2.20. The molecule has 4 nitrogen and oxygen atoms in total. The number of furan rings is 1. The number of fused-ring (bicyclic) bond motifs is 1. The molecule has 3 aromatic rings. The van der Waals surface area contributed by atoms with Gasteiger partial charge in [-0.2, -0.15) is 0 Å². The lowest BCUT2D eigenvalue weighted by Crippen LogP contribution is -2.12. The van der Waals surface area contributed by atoms with Crippen LogP contribution in [0.15, 0.2) is 52.9 Å². The Morgan fingerprint density at radius 1 is 1.00 bits per heavy atom. The summed E-state index contributed by atoms with van der Waals surface area (Å²) in [6.45, 7) is 0. The van der Waals surface area contributed by atoms with E-state index < -0.39 is 6.04 Å². The van der Waals surface area contributed by atoms with E-state index in [-0.39, 0.29) is 0 Å². The van der Waals surface area contributed by atoms with Crippen LogP contribution >= 0.6 is 0 Å². The predicted molar refractivity (Wildman–Crippen MR) is 81.8 cm³/mol. The highest BCUT2D eigenvalue weighted by molar-refractivity contribution is 5.78. The molecule has 0 aliphatic rings. The van der Waals surface area contributed by atoms with Gasteiger partial charge in [-0.25, -0.2) is 0 Å². The zero-order valence-corrected chi connectivity index (χ0v) is 12.0. The molecule has 0 aliphatic carbocycles. The van der Waals surface area contributed by atoms with Crippen LogP contribution in [0.4, 0.5) is 0 Å². The molecule has 108 valence electrons. The average molecular weight is 283 g/mol. The van der Waals surface area contributed by atoms with Crippen molar-refractivity contribution < 1.29 is 13.9 Å². The van der Waals surface area contributed by atoms with Crippen LogP contribution in [-0.4, -0.2) is 14.2 Å². The van der Waals surface area contributed by atoms with Gasteiger partial charge >= 0.3 is 0 Å². The second-order valence-corrected chi connectivity index (χ2v) is 4.75. The van der Waals surface area contributed by atoms with Crippen LogP contribution in [0.25, 0.3) is 11.0 Å². The Morgan fingerprint density at radius 2 is 1.81 bits per heavy atom. The quantitative estimate of drug-likeness (QED) is 0.796. The zero-order chi connectivity index (χ0) is 14.8. The Hall–Kier alpha value is -2.46. The Morgan fingerprint density at radius 3 is 2.52 bits per heavy atom. The van der Waals surface area contributed by atoms with Gasteiger partial charge in [-0.15, -0.1) is 0 Å². The van der Waals surface area contributed by atoms with Crippen molar-refractivity contribution in [2.45, 2.75) is 6.04 Å². The van der Waals surface area contributed by atoms with Crippen molar-refractivity contribution in [2.75, 3.05) is 14.2 Å². The van der Waals surface area contributed by atoms with E-state index in [1.165, 1.54) is 0 Å². The summed E-state index contributed by atoms with van der Waals surface area (Å²) in [5.41, 5.74) is 8.00. The standard InChI is InChI=1S/C17H17NO3/c1-19-14-9-5-7-12(17(14)20-2)16(18)15-10-11-6-3-4-8-13(11)21-15/h3-10,16H,18H2,1-2H3. The molecule has 1 aromatic heterocycles. The first-order chi connectivity index (χ1) is 10.2. The van der Waals surface area contributed by atoms with E-state index in [0.29, 0.717) is 17.3 Å². The number of nitrogens with two attached hydrogens (primary N) is 1. The molecule has 0 fully saturated rings. The Bertz CT molecular complexity index is 731. The van der Waals surface area contributed by atoms with Crippen molar-refractivity contribution in [1.29, 1.82) is 0 Å². The molecule has 21 heavy (non-hydrogen) atoms. The van der Waals surface area contributed by atoms with Gasteiger partial charge in [0.1, 0.15) is 11.3 Å². The van der Waals surface area contributed by atoms with E-state index >= 15 is 0 Å². The number of rotatable bonds is 4. The summed E-state index contributed by atoms with van der Waals surface area (Å²) >= 11 is 0. The largest absolute Gasteiger partial charge is 0.493 e. The number of methoxy groups -OCH3 is 2. The van der Waals surface area contributed by atoms with E-state index in [1.54, 1.807) is 14.2 Å². The van der Waals surface area contributed by atoms with Gasteiger partial charge in [0.2, 0.25) is 0 Å². The van der Waals surface area contributed by atoms with Crippen LogP contribution in [0, 0.1) is 0 Å². The van der Waals surface area contributed by atoms with E-state index in [9.17, 15) is 0 Å². The Kier molecular flexibility index (Phi) is 3.54. The summed E-state index contributed by atoms with van der Waals surface area (Å²) in [5, 5.41) is 1.03. The molecule has 0 bridgehead atoms. The van der Waals surface area contributed by atoms with E-state index in [4.69, 9.17) is 19.6 Å².